The fourth-order valence-corrected chi connectivity index (χ4v) is 2.50. The van der Waals surface area contributed by atoms with Crippen molar-refractivity contribution in [3.05, 3.63) is 34.9 Å². The van der Waals surface area contributed by atoms with Gasteiger partial charge >= 0.3 is 5.97 Å². The lowest BCUT2D eigenvalue weighted by Gasteiger charge is -2.21. The van der Waals surface area contributed by atoms with Gasteiger partial charge in [0.05, 0.1) is 6.54 Å². The van der Waals surface area contributed by atoms with E-state index in [9.17, 15) is 14.4 Å². The molecule has 2 rings (SSSR count). The SMILES string of the molecule is O=C(NCC(=O)N1CCCC1C(=O)O)c1cccc(Cl)c1. The summed E-state index contributed by atoms with van der Waals surface area (Å²) in [5.41, 5.74) is 0.353. The van der Waals surface area contributed by atoms with E-state index in [1.807, 2.05) is 0 Å². The predicted octanol–water partition coefficient (Wildman–Crippen LogP) is 1.15. The third-order valence-corrected chi connectivity index (χ3v) is 3.58. The van der Waals surface area contributed by atoms with Crippen LogP contribution in [0.25, 0.3) is 0 Å². The van der Waals surface area contributed by atoms with Gasteiger partial charge in [-0.05, 0) is 31.0 Å². The zero-order valence-corrected chi connectivity index (χ0v) is 12.0. The quantitative estimate of drug-likeness (QED) is 0.873. The number of halogens is 1. The Bertz CT molecular complexity index is 576. The second-order valence-electron chi connectivity index (χ2n) is 4.78. The summed E-state index contributed by atoms with van der Waals surface area (Å²) < 4.78 is 0. The fourth-order valence-electron chi connectivity index (χ4n) is 2.31. The van der Waals surface area contributed by atoms with Crippen LogP contribution in [0.5, 0.6) is 0 Å². The van der Waals surface area contributed by atoms with E-state index in [-0.39, 0.29) is 6.54 Å². The normalized spacial score (nSPS) is 17.6. The van der Waals surface area contributed by atoms with Crippen LogP contribution in [0.3, 0.4) is 0 Å². The Morgan fingerprint density at radius 1 is 1.38 bits per heavy atom. The number of aliphatic carboxylic acids is 1. The highest BCUT2D eigenvalue weighted by Crippen LogP contribution is 2.17. The van der Waals surface area contributed by atoms with Gasteiger partial charge < -0.3 is 15.3 Å². The number of amides is 2. The van der Waals surface area contributed by atoms with Gasteiger partial charge in [0, 0.05) is 17.1 Å². The van der Waals surface area contributed by atoms with Gasteiger partial charge in [-0.1, -0.05) is 17.7 Å². The molecule has 0 aromatic heterocycles. The van der Waals surface area contributed by atoms with Gasteiger partial charge in [0.25, 0.3) is 5.91 Å². The zero-order chi connectivity index (χ0) is 15.4. The summed E-state index contributed by atoms with van der Waals surface area (Å²) in [7, 11) is 0. The van der Waals surface area contributed by atoms with Crippen LogP contribution in [0.15, 0.2) is 24.3 Å². The summed E-state index contributed by atoms with van der Waals surface area (Å²) in [6, 6.07) is 5.57. The van der Waals surface area contributed by atoms with Crippen molar-refractivity contribution in [2.75, 3.05) is 13.1 Å². The highest BCUT2D eigenvalue weighted by molar-refractivity contribution is 6.30. The van der Waals surface area contributed by atoms with Crippen LogP contribution in [0.4, 0.5) is 0 Å². The van der Waals surface area contributed by atoms with Crippen LogP contribution in [0, 0.1) is 0 Å². The molecule has 0 aliphatic carbocycles. The molecule has 1 fully saturated rings. The van der Waals surface area contributed by atoms with Crippen LogP contribution >= 0.6 is 11.6 Å². The first-order chi connectivity index (χ1) is 9.99. The van der Waals surface area contributed by atoms with Crippen molar-refractivity contribution in [2.45, 2.75) is 18.9 Å². The molecule has 6 nitrogen and oxygen atoms in total. The number of carboxylic acid groups (broad SMARTS) is 1. The lowest BCUT2D eigenvalue weighted by atomic mass is 10.2. The Balaban J connectivity index is 1.92. The number of nitrogens with one attached hydrogen (secondary N) is 1. The van der Waals surface area contributed by atoms with Gasteiger partial charge in [-0.25, -0.2) is 4.79 Å². The highest BCUT2D eigenvalue weighted by Gasteiger charge is 2.33. The van der Waals surface area contributed by atoms with Crippen molar-refractivity contribution >= 4 is 29.4 Å². The van der Waals surface area contributed by atoms with Gasteiger partial charge in [0.2, 0.25) is 5.91 Å². The summed E-state index contributed by atoms with van der Waals surface area (Å²) in [4.78, 5) is 36.2. The summed E-state index contributed by atoms with van der Waals surface area (Å²) in [6.45, 7) is 0.179. The molecule has 0 radical (unpaired) electrons. The molecular weight excluding hydrogens is 296 g/mol. The molecule has 1 aromatic rings. The summed E-state index contributed by atoms with van der Waals surface area (Å²) in [5, 5.41) is 11.9. The van der Waals surface area contributed by atoms with Crippen molar-refractivity contribution in [1.29, 1.82) is 0 Å². The lowest BCUT2D eigenvalue weighted by Crippen LogP contribution is -2.45. The van der Waals surface area contributed by atoms with Crippen molar-refractivity contribution in [2.24, 2.45) is 0 Å². The maximum Gasteiger partial charge on any atom is 0.326 e. The number of carbonyl (C=O) groups excluding carboxylic acids is 2. The van der Waals surface area contributed by atoms with E-state index in [4.69, 9.17) is 16.7 Å². The van der Waals surface area contributed by atoms with Crippen molar-refractivity contribution in [3.8, 4) is 0 Å². The smallest absolute Gasteiger partial charge is 0.326 e. The van der Waals surface area contributed by atoms with Crippen LogP contribution < -0.4 is 5.32 Å². The lowest BCUT2D eigenvalue weighted by molar-refractivity contribution is -0.147. The molecule has 112 valence electrons. The maximum absolute atomic E-state index is 12.0. The Hall–Kier alpha value is -2.08. The molecule has 0 spiro atoms. The van der Waals surface area contributed by atoms with Crippen LogP contribution in [0.1, 0.15) is 23.2 Å². The van der Waals surface area contributed by atoms with E-state index in [2.05, 4.69) is 5.32 Å². The van der Waals surface area contributed by atoms with E-state index >= 15 is 0 Å². The van der Waals surface area contributed by atoms with Crippen molar-refractivity contribution < 1.29 is 19.5 Å². The van der Waals surface area contributed by atoms with E-state index < -0.39 is 23.8 Å². The van der Waals surface area contributed by atoms with E-state index in [1.165, 1.54) is 11.0 Å². The molecule has 0 saturated carbocycles. The van der Waals surface area contributed by atoms with Crippen molar-refractivity contribution in [1.82, 2.24) is 10.2 Å². The van der Waals surface area contributed by atoms with Gasteiger partial charge in [0.15, 0.2) is 0 Å². The number of carbonyl (C=O) groups is 3. The average Bonchev–Trinajstić information content (AvgIpc) is 2.94. The Labute approximate surface area is 126 Å². The number of rotatable bonds is 4. The number of hydrogen-bond donors (Lipinski definition) is 2. The minimum absolute atomic E-state index is 0.227. The molecule has 1 saturated heterocycles. The van der Waals surface area contributed by atoms with Gasteiger partial charge in [-0.2, -0.15) is 0 Å². The predicted molar refractivity (Wildman–Crippen MR) is 76.2 cm³/mol. The van der Waals surface area contributed by atoms with Crippen LogP contribution in [-0.2, 0) is 9.59 Å². The number of carboxylic acids is 1. The molecule has 1 aliphatic heterocycles. The minimum atomic E-state index is -1.01. The molecule has 1 atom stereocenters. The van der Waals surface area contributed by atoms with Gasteiger partial charge in [-0.15, -0.1) is 0 Å². The highest BCUT2D eigenvalue weighted by atomic mass is 35.5. The Morgan fingerprint density at radius 3 is 2.81 bits per heavy atom. The number of hydrogen-bond acceptors (Lipinski definition) is 3. The summed E-state index contributed by atoms with van der Waals surface area (Å²) >= 11 is 5.79. The summed E-state index contributed by atoms with van der Waals surface area (Å²) in [6.07, 6.45) is 1.11. The van der Waals surface area contributed by atoms with Crippen LogP contribution in [0.2, 0.25) is 5.02 Å². The monoisotopic (exact) mass is 310 g/mol. The average molecular weight is 311 g/mol. The molecular formula is C14H15ClN2O4. The second-order valence-corrected chi connectivity index (χ2v) is 5.21. The van der Waals surface area contributed by atoms with Crippen LogP contribution in [-0.4, -0.2) is 46.9 Å². The molecule has 1 aromatic carbocycles. The number of likely N-dealkylation sites (tertiary alicyclic amines) is 1. The Morgan fingerprint density at radius 2 is 2.14 bits per heavy atom. The minimum Gasteiger partial charge on any atom is -0.480 e. The Kier molecular flexibility index (Phi) is 4.80. The van der Waals surface area contributed by atoms with Crippen molar-refractivity contribution in [3.63, 3.8) is 0 Å². The van der Waals surface area contributed by atoms with E-state index in [0.717, 1.165) is 0 Å². The van der Waals surface area contributed by atoms with Gasteiger partial charge in [0.1, 0.15) is 6.04 Å². The first-order valence-electron chi connectivity index (χ1n) is 6.55. The van der Waals surface area contributed by atoms with E-state index in [1.54, 1.807) is 18.2 Å². The molecule has 2 N–H and O–H groups in total. The number of nitrogens with zero attached hydrogens (tertiary/aromatic N) is 1. The molecule has 1 aliphatic rings. The largest absolute Gasteiger partial charge is 0.480 e. The third kappa shape index (κ3) is 3.72. The summed E-state index contributed by atoms with van der Waals surface area (Å²) in [5.74, 6) is -1.82. The molecule has 1 heterocycles. The maximum atomic E-state index is 12.0. The molecule has 1 unspecified atom stereocenters. The molecule has 21 heavy (non-hydrogen) atoms. The fraction of sp³-hybridized carbons (Fsp3) is 0.357. The zero-order valence-electron chi connectivity index (χ0n) is 11.2. The third-order valence-electron chi connectivity index (χ3n) is 3.35. The molecule has 2 amide bonds. The first-order valence-corrected chi connectivity index (χ1v) is 6.93. The topological polar surface area (TPSA) is 86.7 Å². The van der Waals surface area contributed by atoms with E-state index in [0.29, 0.717) is 30.0 Å². The standard InChI is InChI=1S/C14H15ClN2O4/c15-10-4-1-3-9(7-10)13(19)16-8-12(18)17-6-2-5-11(17)14(20)21/h1,3-4,7,11H,2,5-6,8H2,(H,16,19)(H,20,21). The number of benzene rings is 1. The first kappa shape index (κ1) is 15.3. The second kappa shape index (κ2) is 6.58. The van der Waals surface area contributed by atoms with Gasteiger partial charge in [-0.3, -0.25) is 9.59 Å². The molecule has 0 bridgehead atoms. The molecule has 7 heteroatoms.